The number of carbonyl (C=O) groups excluding carboxylic acids is 1. The Balaban J connectivity index is 4.38. The predicted octanol–water partition coefficient (Wildman–Crippen LogP) is -2.43. The molecule has 8 nitrogen and oxygen atoms in total. The Morgan fingerprint density at radius 2 is 1.67 bits per heavy atom. The number of nitrogens with two attached hydrogens (primary N) is 2. The molecule has 0 heterocycles. The Morgan fingerprint density at radius 1 is 1.20 bits per heavy atom. The highest BCUT2D eigenvalue weighted by Gasteiger charge is 2.26. The van der Waals surface area contributed by atoms with E-state index in [2.05, 4.69) is 0 Å². The van der Waals surface area contributed by atoms with Gasteiger partial charge in [-0.15, -0.1) is 0 Å². The van der Waals surface area contributed by atoms with E-state index in [1.54, 1.807) is 0 Å². The standard InChI is InChI=1S/C6H12N2O6S/c7-3(1-5(9)10)6(11)4(8)2-15(12,13)14/h3-4H,1-2,7-8H2,(H,9,10)(H,12,13,14). The molecule has 6 N–H and O–H groups in total. The summed E-state index contributed by atoms with van der Waals surface area (Å²) in [5.74, 6) is -3.19. The molecule has 0 aliphatic rings. The van der Waals surface area contributed by atoms with Gasteiger partial charge in [-0.3, -0.25) is 14.1 Å². The smallest absolute Gasteiger partial charge is 0.305 e. The number of hydrogen-bond acceptors (Lipinski definition) is 6. The molecular weight excluding hydrogens is 228 g/mol. The monoisotopic (exact) mass is 240 g/mol. The number of hydrogen-bond donors (Lipinski definition) is 4. The summed E-state index contributed by atoms with van der Waals surface area (Å²) in [6.07, 6.45) is -0.641. The lowest BCUT2D eigenvalue weighted by molar-refractivity contribution is -0.139. The summed E-state index contributed by atoms with van der Waals surface area (Å²) < 4.78 is 29.1. The fourth-order valence-electron chi connectivity index (χ4n) is 0.873. The van der Waals surface area contributed by atoms with Crippen molar-refractivity contribution in [1.29, 1.82) is 0 Å². The maximum absolute atomic E-state index is 11.2. The number of aliphatic carboxylic acids is 1. The third kappa shape index (κ3) is 6.12. The highest BCUT2D eigenvalue weighted by molar-refractivity contribution is 7.85. The van der Waals surface area contributed by atoms with Crippen LogP contribution in [-0.4, -0.2) is 47.7 Å². The lowest BCUT2D eigenvalue weighted by Gasteiger charge is -2.13. The van der Waals surface area contributed by atoms with Crippen LogP contribution < -0.4 is 11.5 Å². The minimum Gasteiger partial charge on any atom is -0.481 e. The zero-order valence-electron chi connectivity index (χ0n) is 7.66. The molecule has 0 fully saturated rings. The van der Waals surface area contributed by atoms with Crippen LogP contribution in [-0.2, 0) is 19.7 Å². The zero-order chi connectivity index (χ0) is 12.2. The van der Waals surface area contributed by atoms with Gasteiger partial charge in [0.1, 0.15) is 0 Å². The predicted molar refractivity (Wildman–Crippen MR) is 49.6 cm³/mol. The van der Waals surface area contributed by atoms with Crippen molar-refractivity contribution in [2.24, 2.45) is 11.5 Å². The van der Waals surface area contributed by atoms with Crippen LogP contribution >= 0.6 is 0 Å². The fourth-order valence-corrected chi connectivity index (χ4v) is 1.49. The molecule has 0 radical (unpaired) electrons. The SMILES string of the molecule is NC(CC(=O)O)C(=O)C(N)CS(=O)(=O)O. The zero-order valence-corrected chi connectivity index (χ0v) is 8.48. The van der Waals surface area contributed by atoms with E-state index in [0.717, 1.165) is 0 Å². The van der Waals surface area contributed by atoms with Crippen LogP contribution in [0.15, 0.2) is 0 Å². The molecule has 0 bridgehead atoms. The molecule has 2 atom stereocenters. The molecule has 0 spiro atoms. The summed E-state index contributed by atoms with van der Waals surface area (Å²) in [5.41, 5.74) is 10.3. The number of ketones is 1. The molecule has 88 valence electrons. The highest BCUT2D eigenvalue weighted by atomic mass is 32.2. The third-order valence-electron chi connectivity index (χ3n) is 1.52. The van der Waals surface area contributed by atoms with Gasteiger partial charge in [0, 0.05) is 0 Å². The molecule has 0 saturated heterocycles. The van der Waals surface area contributed by atoms with Crippen LogP contribution in [0.4, 0.5) is 0 Å². The van der Waals surface area contributed by atoms with Crippen molar-refractivity contribution in [3.63, 3.8) is 0 Å². The van der Waals surface area contributed by atoms with Gasteiger partial charge in [-0.1, -0.05) is 0 Å². The Bertz CT molecular complexity index is 351. The van der Waals surface area contributed by atoms with Gasteiger partial charge in [0.15, 0.2) is 5.78 Å². The topological polar surface area (TPSA) is 161 Å². The summed E-state index contributed by atoms with van der Waals surface area (Å²) in [7, 11) is -4.38. The Hall–Kier alpha value is -1.03. The number of carbonyl (C=O) groups is 2. The Kier molecular flexibility index (Phi) is 4.81. The minimum absolute atomic E-state index is 0.641. The second-order valence-electron chi connectivity index (χ2n) is 2.96. The van der Waals surface area contributed by atoms with Crippen LogP contribution in [0, 0.1) is 0 Å². The second kappa shape index (κ2) is 5.16. The largest absolute Gasteiger partial charge is 0.481 e. The van der Waals surface area contributed by atoms with E-state index in [1.165, 1.54) is 0 Å². The summed E-state index contributed by atoms with van der Waals surface area (Å²) in [6.45, 7) is 0. The first-order valence-electron chi connectivity index (χ1n) is 3.85. The molecule has 0 saturated carbocycles. The summed E-state index contributed by atoms with van der Waals surface area (Å²) in [5, 5.41) is 8.31. The fraction of sp³-hybridized carbons (Fsp3) is 0.667. The van der Waals surface area contributed by atoms with E-state index < -0.39 is 46.1 Å². The van der Waals surface area contributed by atoms with E-state index in [-0.39, 0.29) is 0 Å². The molecule has 0 aliphatic heterocycles. The van der Waals surface area contributed by atoms with Crippen molar-refractivity contribution in [2.45, 2.75) is 18.5 Å². The number of carboxylic acid groups (broad SMARTS) is 1. The van der Waals surface area contributed by atoms with Gasteiger partial charge in [0.2, 0.25) is 0 Å². The van der Waals surface area contributed by atoms with Gasteiger partial charge in [0.05, 0.1) is 24.3 Å². The lowest BCUT2D eigenvalue weighted by atomic mass is 10.1. The highest BCUT2D eigenvalue weighted by Crippen LogP contribution is 1.97. The van der Waals surface area contributed by atoms with Crippen LogP contribution in [0.3, 0.4) is 0 Å². The van der Waals surface area contributed by atoms with Gasteiger partial charge in [-0.05, 0) is 0 Å². The van der Waals surface area contributed by atoms with Gasteiger partial charge in [-0.2, -0.15) is 8.42 Å². The van der Waals surface area contributed by atoms with Crippen LogP contribution in [0.5, 0.6) is 0 Å². The van der Waals surface area contributed by atoms with Crippen molar-refractivity contribution >= 4 is 21.9 Å². The maximum Gasteiger partial charge on any atom is 0.305 e. The van der Waals surface area contributed by atoms with E-state index in [4.69, 9.17) is 21.1 Å². The maximum atomic E-state index is 11.2. The Labute approximate surface area is 86.0 Å². The van der Waals surface area contributed by atoms with Crippen molar-refractivity contribution in [1.82, 2.24) is 0 Å². The summed E-state index contributed by atoms with van der Waals surface area (Å²) in [6, 6.07) is -2.89. The van der Waals surface area contributed by atoms with Crippen LogP contribution in [0.25, 0.3) is 0 Å². The first kappa shape index (κ1) is 14.0. The van der Waals surface area contributed by atoms with Gasteiger partial charge < -0.3 is 16.6 Å². The van der Waals surface area contributed by atoms with E-state index in [0.29, 0.717) is 0 Å². The van der Waals surface area contributed by atoms with Gasteiger partial charge >= 0.3 is 5.97 Å². The van der Waals surface area contributed by atoms with Crippen LogP contribution in [0.1, 0.15) is 6.42 Å². The minimum atomic E-state index is -4.38. The quantitative estimate of drug-likeness (QED) is 0.372. The van der Waals surface area contributed by atoms with E-state index in [1.807, 2.05) is 0 Å². The second-order valence-corrected chi connectivity index (χ2v) is 4.46. The number of carboxylic acids is 1. The molecule has 0 aromatic carbocycles. The normalized spacial score (nSPS) is 15.7. The van der Waals surface area contributed by atoms with Crippen molar-refractivity contribution in [2.75, 3.05) is 5.75 Å². The molecule has 2 unspecified atom stereocenters. The third-order valence-corrected chi connectivity index (χ3v) is 2.30. The lowest BCUT2D eigenvalue weighted by Crippen LogP contribution is -2.47. The molecule has 9 heteroatoms. The van der Waals surface area contributed by atoms with Gasteiger partial charge in [-0.25, -0.2) is 0 Å². The summed E-state index contributed by atoms with van der Waals surface area (Å²) in [4.78, 5) is 21.3. The molecular formula is C6H12N2O6S. The summed E-state index contributed by atoms with van der Waals surface area (Å²) >= 11 is 0. The van der Waals surface area contributed by atoms with Crippen molar-refractivity contribution in [3.8, 4) is 0 Å². The number of rotatable bonds is 6. The molecule has 0 amide bonds. The van der Waals surface area contributed by atoms with Gasteiger partial charge in [0.25, 0.3) is 10.1 Å². The van der Waals surface area contributed by atoms with E-state index in [9.17, 15) is 18.0 Å². The first-order chi connectivity index (χ1) is 6.63. The molecule has 15 heavy (non-hydrogen) atoms. The molecule has 0 aromatic rings. The number of Topliss-reactive ketones (excluding diaryl/α,β-unsaturated/α-hetero) is 1. The average Bonchev–Trinajstić information content (AvgIpc) is 1.98. The molecule has 0 rings (SSSR count). The van der Waals surface area contributed by atoms with Crippen molar-refractivity contribution < 1.29 is 27.7 Å². The van der Waals surface area contributed by atoms with Crippen LogP contribution in [0.2, 0.25) is 0 Å². The van der Waals surface area contributed by atoms with Crippen molar-refractivity contribution in [3.05, 3.63) is 0 Å². The first-order valence-corrected chi connectivity index (χ1v) is 5.46. The van der Waals surface area contributed by atoms with E-state index >= 15 is 0 Å². The molecule has 0 aromatic heterocycles. The average molecular weight is 240 g/mol. The Morgan fingerprint density at radius 3 is 2.00 bits per heavy atom. The molecule has 0 aliphatic carbocycles.